The largest absolute Gasteiger partial charge is 0.353 e. The molecule has 2 aromatic rings. The van der Waals surface area contributed by atoms with E-state index in [-0.39, 0.29) is 6.04 Å². The Bertz CT molecular complexity index is 585. The monoisotopic (exact) mass is 291 g/mol. The van der Waals surface area contributed by atoms with Gasteiger partial charge in [-0.1, -0.05) is 23.7 Å². The zero-order chi connectivity index (χ0) is 14.7. The van der Waals surface area contributed by atoms with E-state index in [1.54, 1.807) is 0 Å². The number of hydrogen-bond donors (Lipinski definition) is 2. The number of hydrogen-bond acceptors (Lipinski definition) is 5. The maximum atomic E-state index is 5.92. The van der Waals surface area contributed by atoms with Gasteiger partial charge in [0.15, 0.2) is 0 Å². The fourth-order valence-corrected chi connectivity index (χ4v) is 2.10. The third-order valence-electron chi connectivity index (χ3n) is 3.27. The summed E-state index contributed by atoms with van der Waals surface area (Å²) in [6, 6.07) is 9.78. The molecule has 0 saturated heterocycles. The molecule has 1 atom stereocenters. The van der Waals surface area contributed by atoms with E-state index in [4.69, 9.17) is 17.4 Å². The first kappa shape index (κ1) is 14.6. The Morgan fingerprint density at radius 1 is 1.25 bits per heavy atom. The zero-order valence-corrected chi connectivity index (χ0v) is 12.5. The molecule has 0 amide bonds. The van der Waals surface area contributed by atoms with Crippen LogP contribution in [0.1, 0.15) is 24.4 Å². The van der Waals surface area contributed by atoms with Crippen LogP contribution in [0.5, 0.6) is 0 Å². The molecular weight excluding hydrogens is 274 g/mol. The summed E-state index contributed by atoms with van der Waals surface area (Å²) < 4.78 is 0. The maximum absolute atomic E-state index is 5.92. The summed E-state index contributed by atoms with van der Waals surface area (Å²) in [7, 11) is 1.99. The van der Waals surface area contributed by atoms with Crippen LogP contribution in [0.2, 0.25) is 5.02 Å². The number of halogens is 1. The van der Waals surface area contributed by atoms with Crippen LogP contribution in [-0.2, 0) is 0 Å². The lowest BCUT2D eigenvalue weighted by Gasteiger charge is -2.26. The van der Waals surface area contributed by atoms with Crippen molar-refractivity contribution >= 4 is 23.2 Å². The zero-order valence-electron chi connectivity index (χ0n) is 11.8. The predicted molar refractivity (Wildman–Crippen MR) is 82.8 cm³/mol. The molecule has 0 saturated carbocycles. The van der Waals surface area contributed by atoms with Gasteiger partial charge in [-0.15, -0.1) is 0 Å². The van der Waals surface area contributed by atoms with Crippen LogP contribution >= 0.6 is 11.6 Å². The molecule has 0 bridgehead atoms. The number of nitrogens with zero attached hydrogens (tertiary/aromatic N) is 3. The van der Waals surface area contributed by atoms with E-state index in [0.717, 1.165) is 16.4 Å². The number of aryl methyl sites for hydroxylation is 1. The first-order chi connectivity index (χ1) is 9.51. The number of nitrogens with one attached hydrogen (secondary N) is 1. The molecule has 0 radical (unpaired) electrons. The van der Waals surface area contributed by atoms with Gasteiger partial charge in [0.25, 0.3) is 0 Å². The van der Waals surface area contributed by atoms with Crippen molar-refractivity contribution in [3.05, 3.63) is 46.7 Å². The van der Waals surface area contributed by atoms with E-state index in [0.29, 0.717) is 11.6 Å². The van der Waals surface area contributed by atoms with Crippen LogP contribution in [0.3, 0.4) is 0 Å². The molecule has 106 valence electrons. The lowest BCUT2D eigenvalue weighted by atomic mass is 10.1. The van der Waals surface area contributed by atoms with Crippen molar-refractivity contribution in [3.8, 4) is 0 Å². The molecule has 0 aliphatic heterocycles. The average molecular weight is 292 g/mol. The van der Waals surface area contributed by atoms with Crippen LogP contribution in [-0.4, -0.2) is 17.0 Å². The van der Waals surface area contributed by atoms with Crippen molar-refractivity contribution in [3.63, 3.8) is 0 Å². The number of nitrogen functional groups attached to an aromatic ring is 1. The molecule has 1 aromatic heterocycles. The molecule has 0 aliphatic carbocycles. The van der Waals surface area contributed by atoms with Crippen molar-refractivity contribution in [2.24, 2.45) is 5.84 Å². The van der Waals surface area contributed by atoms with Crippen LogP contribution in [0.15, 0.2) is 30.3 Å². The van der Waals surface area contributed by atoms with Crippen LogP contribution in [0.4, 0.5) is 11.6 Å². The quantitative estimate of drug-likeness (QED) is 0.670. The Kier molecular flexibility index (Phi) is 4.42. The first-order valence-corrected chi connectivity index (χ1v) is 6.69. The summed E-state index contributed by atoms with van der Waals surface area (Å²) in [5, 5.41) is 0.733. The summed E-state index contributed by atoms with van der Waals surface area (Å²) in [5.41, 5.74) is 3.72. The van der Waals surface area contributed by atoms with E-state index in [1.165, 1.54) is 0 Å². The SMILES string of the molecule is Cc1nc(NN)cc(N(C)C(C)c2ccc(Cl)cc2)n1. The van der Waals surface area contributed by atoms with Crippen molar-refractivity contribution in [1.29, 1.82) is 0 Å². The summed E-state index contributed by atoms with van der Waals surface area (Å²) >= 11 is 5.92. The molecule has 1 aromatic carbocycles. The van der Waals surface area contributed by atoms with Crippen molar-refractivity contribution in [2.45, 2.75) is 19.9 Å². The van der Waals surface area contributed by atoms with E-state index < -0.39 is 0 Å². The van der Waals surface area contributed by atoms with E-state index in [1.807, 2.05) is 44.3 Å². The lowest BCUT2D eigenvalue weighted by molar-refractivity contribution is 0.725. The second-order valence-electron chi connectivity index (χ2n) is 4.64. The Hall–Kier alpha value is -1.85. The Morgan fingerprint density at radius 3 is 2.50 bits per heavy atom. The first-order valence-electron chi connectivity index (χ1n) is 6.32. The van der Waals surface area contributed by atoms with E-state index >= 15 is 0 Å². The molecule has 0 spiro atoms. The standard InChI is InChI=1S/C14H18ClN5/c1-9(11-4-6-12(15)7-5-11)20(3)14-8-13(19-16)17-10(2)18-14/h4-9H,16H2,1-3H3,(H,17,18,19). The smallest absolute Gasteiger partial charge is 0.145 e. The van der Waals surface area contributed by atoms with Gasteiger partial charge >= 0.3 is 0 Å². The predicted octanol–water partition coefficient (Wildman–Crippen LogP) is 2.92. The maximum Gasteiger partial charge on any atom is 0.145 e. The van der Waals surface area contributed by atoms with Gasteiger partial charge in [0.05, 0.1) is 6.04 Å². The van der Waals surface area contributed by atoms with Gasteiger partial charge in [0.1, 0.15) is 17.5 Å². The van der Waals surface area contributed by atoms with Gasteiger partial charge in [0, 0.05) is 18.1 Å². The number of rotatable bonds is 4. The Labute approximate surface area is 123 Å². The van der Waals surface area contributed by atoms with E-state index in [9.17, 15) is 0 Å². The lowest BCUT2D eigenvalue weighted by Crippen LogP contribution is -2.23. The highest BCUT2D eigenvalue weighted by Crippen LogP contribution is 2.26. The summed E-state index contributed by atoms with van der Waals surface area (Å²) in [6.45, 7) is 3.95. The third-order valence-corrected chi connectivity index (χ3v) is 3.52. The highest BCUT2D eigenvalue weighted by Gasteiger charge is 2.14. The van der Waals surface area contributed by atoms with Gasteiger partial charge in [-0.25, -0.2) is 15.8 Å². The highest BCUT2D eigenvalue weighted by molar-refractivity contribution is 6.30. The number of anilines is 2. The molecule has 0 fully saturated rings. The van der Waals surface area contributed by atoms with Gasteiger partial charge in [-0.05, 0) is 31.5 Å². The molecule has 6 heteroatoms. The molecule has 0 aliphatic rings. The molecule has 20 heavy (non-hydrogen) atoms. The molecular formula is C14H18ClN5. The van der Waals surface area contributed by atoms with Crippen LogP contribution in [0.25, 0.3) is 0 Å². The Balaban J connectivity index is 2.28. The van der Waals surface area contributed by atoms with Crippen molar-refractivity contribution in [2.75, 3.05) is 17.4 Å². The molecule has 1 heterocycles. The van der Waals surface area contributed by atoms with Gasteiger partial charge in [-0.3, -0.25) is 0 Å². The number of benzene rings is 1. The fraction of sp³-hybridized carbons (Fsp3) is 0.286. The van der Waals surface area contributed by atoms with Crippen molar-refractivity contribution < 1.29 is 0 Å². The minimum absolute atomic E-state index is 0.159. The van der Waals surface area contributed by atoms with Gasteiger partial charge in [0.2, 0.25) is 0 Å². The minimum Gasteiger partial charge on any atom is -0.353 e. The number of nitrogens with two attached hydrogens (primary N) is 1. The summed E-state index contributed by atoms with van der Waals surface area (Å²) in [5.74, 6) is 7.50. The topological polar surface area (TPSA) is 67.1 Å². The summed E-state index contributed by atoms with van der Waals surface area (Å²) in [6.07, 6.45) is 0. The molecule has 3 N–H and O–H groups in total. The molecule has 1 unspecified atom stereocenters. The molecule has 2 rings (SSSR count). The second-order valence-corrected chi connectivity index (χ2v) is 5.08. The number of hydrazine groups is 1. The number of aromatic nitrogens is 2. The minimum atomic E-state index is 0.159. The molecule has 5 nitrogen and oxygen atoms in total. The average Bonchev–Trinajstić information content (AvgIpc) is 2.45. The third kappa shape index (κ3) is 3.18. The highest BCUT2D eigenvalue weighted by atomic mass is 35.5. The van der Waals surface area contributed by atoms with Crippen LogP contribution in [0, 0.1) is 6.92 Å². The van der Waals surface area contributed by atoms with Crippen molar-refractivity contribution in [1.82, 2.24) is 9.97 Å². The normalized spacial score (nSPS) is 12.1. The van der Waals surface area contributed by atoms with Gasteiger partial charge < -0.3 is 10.3 Å². The van der Waals surface area contributed by atoms with E-state index in [2.05, 4.69) is 27.2 Å². The Morgan fingerprint density at radius 2 is 1.90 bits per heavy atom. The summed E-state index contributed by atoms with van der Waals surface area (Å²) in [4.78, 5) is 10.7. The van der Waals surface area contributed by atoms with Crippen LogP contribution < -0.4 is 16.2 Å². The second kappa shape index (κ2) is 6.07. The van der Waals surface area contributed by atoms with Gasteiger partial charge in [-0.2, -0.15) is 0 Å². The fourth-order valence-electron chi connectivity index (χ4n) is 1.97.